The fourth-order valence-electron chi connectivity index (χ4n) is 1.17. The van der Waals surface area contributed by atoms with Crippen molar-refractivity contribution >= 4 is 12.4 Å². The minimum absolute atomic E-state index is 0. The largest absolute Gasteiger partial charge is 0.373 e. The standard InChI is InChI=1S/C8H15NO.ClH/c1-2-6-10-8-4-3-5-9-7-8;/h2,8-9H,1,3-7H2;1H. The van der Waals surface area contributed by atoms with Crippen LogP contribution in [0.1, 0.15) is 12.8 Å². The molecule has 0 amide bonds. The molecule has 1 heterocycles. The van der Waals surface area contributed by atoms with Crippen molar-refractivity contribution < 1.29 is 4.74 Å². The van der Waals surface area contributed by atoms with E-state index < -0.39 is 0 Å². The van der Waals surface area contributed by atoms with Gasteiger partial charge in [-0.3, -0.25) is 0 Å². The van der Waals surface area contributed by atoms with Crippen LogP contribution >= 0.6 is 12.4 Å². The van der Waals surface area contributed by atoms with Gasteiger partial charge >= 0.3 is 0 Å². The van der Waals surface area contributed by atoms with E-state index >= 15 is 0 Å². The lowest BCUT2D eigenvalue weighted by Gasteiger charge is -2.22. The molecule has 0 aliphatic carbocycles. The number of piperidine rings is 1. The molecule has 1 rings (SSSR count). The molecule has 0 aromatic rings. The van der Waals surface area contributed by atoms with Gasteiger partial charge in [0.05, 0.1) is 12.7 Å². The number of ether oxygens (including phenoxy) is 1. The lowest BCUT2D eigenvalue weighted by atomic mass is 10.1. The van der Waals surface area contributed by atoms with Gasteiger partial charge in [0.2, 0.25) is 0 Å². The molecule has 0 spiro atoms. The Morgan fingerprint density at radius 1 is 1.64 bits per heavy atom. The summed E-state index contributed by atoms with van der Waals surface area (Å²) < 4.78 is 5.45. The summed E-state index contributed by atoms with van der Waals surface area (Å²) in [5.41, 5.74) is 0. The smallest absolute Gasteiger partial charge is 0.0704 e. The lowest BCUT2D eigenvalue weighted by Crippen LogP contribution is -2.35. The van der Waals surface area contributed by atoms with Gasteiger partial charge in [-0.1, -0.05) is 6.08 Å². The van der Waals surface area contributed by atoms with E-state index in [9.17, 15) is 0 Å². The monoisotopic (exact) mass is 177 g/mol. The zero-order chi connectivity index (χ0) is 7.23. The molecule has 1 unspecified atom stereocenters. The van der Waals surface area contributed by atoms with Crippen LogP contribution in [0.15, 0.2) is 12.7 Å². The normalized spacial score (nSPS) is 23.8. The lowest BCUT2D eigenvalue weighted by molar-refractivity contribution is 0.0559. The van der Waals surface area contributed by atoms with Crippen LogP contribution in [-0.4, -0.2) is 25.8 Å². The predicted octanol–water partition coefficient (Wildman–Crippen LogP) is 1.36. The van der Waals surface area contributed by atoms with Crippen molar-refractivity contribution in [3.63, 3.8) is 0 Å². The maximum Gasteiger partial charge on any atom is 0.0704 e. The van der Waals surface area contributed by atoms with Gasteiger partial charge in [-0.05, 0) is 19.4 Å². The van der Waals surface area contributed by atoms with Gasteiger partial charge < -0.3 is 10.1 Å². The molecule has 1 aliphatic heterocycles. The van der Waals surface area contributed by atoms with E-state index in [1.807, 2.05) is 0 Å². The van der Waals surface area contributed by atoms with Gasteiger partial charge in [-0.25, -0.2) is 0 Å². The van der Waals surface area contributed by atoms with E-state index in [0.29, 0.717) is 12.7 Å². The maximum atomic E-state index is 5.45. The maximum absolute atomic E-state index is 5.45. The minimum Gasteiger partial charge on any atom is -0.373 e. The van der Waals surface area contributed by atoms with Crippen LogP contribution in [0.5, 0.6) is 0 Å². The van der Waals surface area contributed by atoms with Gasteiger partial charge in [-0.15, -0.1) is 19.0 Å². The number of halogens is 1. The van der Waals surface area contributed by atoms with Gasteiger partial charge in [0, 0.05) is 6.54 Å². The zero-order valence-electron chi connectivity index (χ0n) is 6.71. The first kappa shape index (κ1) is 11.0. The van der Waals surface area contributed by atoms with Crippen LogP contribution in [0.2, 0.25) is 0 Å². The van der Waals surface area contributed by atoms with Gasteiger partial charge in [0.25, 0.3) is 0 Å². The van der Waals surface area contributed by atoms with Crippen LogP contribution in [0.4, 0.5) is 0 Å². The number of rotatable bonds is 3. The first-order valence-electron chi connectivity index (χ1n) is 3.86. The van der Waals surface area contributed by atoms with Crippen molar-refractivity contribution in [3.8, 4) is 0 Å². The van der Waals surface area contributed by atoms with E-state index in [0.717, 1.165) is 13.1 Å². The molecule has 0 radical (unpaired) electrons. The highest BCUT2D eigenvalue weighted by Crippen LogP contribution is 2.04. The molecule has 0 saturated carbocycles. The molecule has 1 saturated heterocycles. The zero-order valence-corrected chi connectivity index (χ0v) is 7.53. The molecule has 0 aromatic carbocycles. The third-order valence-corrected chi connectivity index (χ3v) is 1.70. The summed E-state index contributed by atoms with van der Waals surface area (Å²) in [4.78, 5) is 0. The molecule has 11 heavy (non-hydrogen) atoms. The molecule has 2 nitrogen and oxygen atoms in total. The Morgan fingerprint density at radius 2 is 2.45 bits per heavy atom. The Kier molecular flexibility index (Phi) is 6.62. The van der Waals surface area contributed by atoms with Crippen molar-refractivity contribution in [2.45, 2.75) is 18.9 Å². The van der Waals surface area contributed by atoms with Crippen LogP contribution in [-0.2, 0) is 4.74 Å². The third kappa shape index (κ3) is 4.40. The summed E-state index contributed by atoms with van der Waals surface area (Å²) in [6.07, 6.45) is 4.66. The fraction of sp³-hybridized carbons (Fsp3) is 0.750. The molecule has 1 fully saturated rings. The molecular weight excluding hydrogens is 162 g/mol. The van der Waals surface area contributed by atoms with E-state index in [4.69, 9.17) is 4.74 Å². The van der Waals surface area contributed by atoms with E-state index in [-0.39, 0.29) is 12.4 Å². The van der Waals surface area contributed by atoms with Crippen LogP contribution in [0.3, 0.4) is 0 Å². The van der Waals surface area contributed by atoms with Crippen LogP contribution in [0.25, 0.3) is 0 Å². The second-order valence-electron chi connectivity index (χ2n) is 2.59. The van der Waals surface area contributed by atoms with Crippen molar-refractivity contribution in [3.05, 3.63) is 12.7 Å². The summed E-state index contributed by atoms with van der Waals surface area (Å²) in [7, 11) is 0. The Morgan fingerprint density at radius 3 is 3.00 bits per heavy atom. The molecule has 1 N–H and O–H groups in total. The summed E-state index contributed by atoms with van der Waals surface area (Å²) in [6.45, 7) is 6.44. The first-order chi connectivity index (χ1) is 4.93. The molecule has 3 heteroatoms. The minimum atomic E-state index is 0. The van der Waals surface area contributed by atoms with Crippen molar-refractivity contribution in [2.24, 2.45) is 0 Å². The number of hydrogen-bond donors (Lipinski definition) is 1. The molecule has 0 bridgehead atoms. The quantitative estimate of drug-likeness (QED) is 0.658. The highest BCUT2D eigenvalue weighted by atomic mass is 35.5. The Balaban J connectivity index is 0.000001000. The highest BCUT2D eigenvalue weighted by Gasteiger charge is 2.11. The molecule has 1 aliphatic rings. The van der Waals surface area contributed by atoms with Crippen molar-refractivity contribution in [1.29, 1.82) is 0 Å². The SMILES string of the molecule is C=CCOC1CCCNC1.Cl. The average molecular weight is 178 g/mol. The van der Waals surface area contributed by atoms with Gasteiger partial charge in [-0.2, -0.15) is 0 Å². The Bertz CT molecular complexity index is 102. The Hall–Kier alpha value is -0.0500. The third-order valence-electron chi connectivity index (χ3n) is 1.70. The van der Waals surface area contributed by atoms with E-state index in [1.165, 1.54) is 12.8 Å². The first-order valence-corrected chi connectivity index (χ1v) is 3.86. The number of nitrogens with one attached hydrogen (secondary N) is 1. The Labute approximate surface area is 74.4 Å². The van der Waals surface area contributed by atoms with E-state index in [2.05, 4.69) is 11.9 Å². The topological polar surface area (TPSA) is 21.3 Å². The van der Waals surface area contributed by atoms with E-state index in [1.54, 1.807) is 6.08 Å². The molecule has 1 atom stereocenters. The summed E-state index contributed by atoms with van der Waals surface area (Å²) >= 11 is 0. The van der Waals surface area contributed by atoms with Crippen molar-refractivity contribution in [1.82, 2.24) is 5.32 Å². The van der Waals surface area contributed by atoms with Crippen LogP contribution in [0, 0.1) is 0 Å². The summed E-state index contributed by atoms with van der Waals surface area (Å²) in [5, 5.41) is 3.28. The molecule has 66 valence electrons. The predicted molar refractivity (Wildman–Crippen MR) is 49.3 cm³/mol. The second kappa shape index (κ2) is 6.65. The summed E-state index contributed by atoms with van der Waals surface area (Å²) in [5.74, 6) is 0. The van der Waals surface area contributed by atoms with Gasteiger partial charge in [0.15, 0.2) is 0 Å². The second-order valence-corrected chi connectivity index (χ2v) is 2.59. The highest BCUT2D eigenvalue weighted by molar-refractivity contribution is 5.85. The van der Waals surface area contributed by atoms with Crippen LogP contribution < -0.4 is 5.32 Å². The molecular formula is C8H16ClNO. The average Bonchev–Trinajstić information content (AvgIpc) is 2.03. The van der Waals surface area contributed by atoms with Crippen molar-refractivity contribution in [2.75, 3.05) is 19.7 Å². The number of hydrogen-bond acceptors (Lipinski definition) is 2. The molecule has 0 aromatic heterocycles. The van der Waals surface area contributed by atoms with Gasteiger partial charge in [0.1, 0.15) is 0 Å². The summed E-state index contributed by atoms with van der Waals surface area (Å²) in [6, 6.07) is 0. The fourth-order valence-corrected chi connectivity index (χ4v) is 1.17.